The van der Waals surface area contributed by atoms with Crippen molar-refractivity contribution in [1.82, 2.24) is 4.90 Å². The fourth-order valence-electron chi connectivity index (χ4n) is 3.41. The van der Waals surface area contributed by atoms with Crippen molar-refractivity contribution >= 4 is 17.3 Å². The molecule has 4 heteroatoms. The Hall–Kier alpha value is -0.770. The summed E-state index contributed by atoms with van der Waals surface area (Å²) in [5, 5.41) is 10.5. The molecule has 0 aromatic heterocycles. The summed E-state index contributed by atoms with van der Waals surface area (Å²) in [6.07, 6.45) is 4.08. The van der Waals surface area contributed by atoms with E-state index < -0.39 is 0 Å². The molecule has 2 aliphatic heterocycles. The standard InChI is InChI=1S/C14H19ClN2O/c15-10-1-4-14(16)9(5-10)8-17-11-2-3-12(17)7-13(18)6-11/h1,4-5,11-13,18H,2-3,6-8,16H2. The van der Waals surface area contributed by atoms with Crippen LogP contribution in [0.3, 0.4) is 0 Å². The molecular weight excluding hydrogens is 248 g/mol. The SMILES string of the molecule is Nc1ccc(Cl)cc1CN1C2CCC1CC(O)C2. The predicted octanol–water partition coefficient (Wildman–Crippen LogP) is 2.41. The molecule has 2 atom stereocenters. The highest BCUT2D eigenvalue weighted by Crippen LogP contribution is 2.37. The average Bonchev–Trinajstić information content (AvgIpc) is 2.57. The molecule has 0 amide bonds. The van der Waals surface area contributed by atoms with E-state index in [2.05, 4.69) is 4.90 Å². The highest BCUT2D eigenvalue weighted by atomic mass is 35.5. The molecule has 2 heterocycles. The Morgan fingerprint density at radius 1 is 1.28 bits per heavy atom. The number of halogens is 1. The lowest BCUT2D eigenvalue weighted by Crippen LogP contribution is -2.44. The van der Waals surface area contributed by atoms with Gasteiger partial charge in [0.05, 0.1) is 6.10 Å². The first-order valence-electron chi connectivity index (χ1n) is 6.61. The number of nitrogen functional groups attached to an aromatic ring is 1. The Morgan fingerprint density at radius 3 is 2.61 bits per heavy atom. The number of rotatable bonds is 2. The number of piperidine rings is 1. The maximum Gasteiger partial charge on any atom is 0.0570 e. The maximum atomic E-state index is 9.80. The Kier molecular flexibility index (Phi) is 3.22. The van der Waals surface area contributed by atoms with Gasteiger partial charge in [-0.2, -0.15) is 0 Å². The van der Waals surface area contributed by atoms with Crippen LogP contribution in [0.4, 0.5) is 5.69 Å². The van der Waals surface area contributed by atoms with Crippen LogP contribution in [0.1, 0.15) is 31.2 Å². The van der Waals surface area contributed by atoms with Gasteiger partial charge in [-0.05, 0) is 49.4 Å². The zero-order chi connectivity index (χ0) is 12.7. The van der Waals surface area contributed by atoms with Crippen molar-refractivity contribution in [2.45, 2.75) is 50.4 Å². The van der Waals surface area contributed by atoms with E-state index in [0.717, 1.165) is 35.7 Å². The van der Waals surface area contributed by atoms with Gasteiger partial charge < -0.3 is 10.8 Å². The third-order valence-electron chi connectivity index (χ3n) is 4.32. The van der Waals surface area contributed by atoms with Crippen molar-refractivity contribution in [1.29, 1.82) is 0 Å². The normalized spacial score (nSPS) is 31.8. The summed E-state index contributed by atoms with van der Waals surface area (Å²) < 4.78 is 0. The van der Waals surface area contributed by atoms with Crippen LogP contribution in [0, 0.1) is 0 Å². The average molecular weight is 267 g/mol. The number of hydrogen-bond donors (Lipinski definition) is 2. The maximum absolute atomic E-state index is 9.80. The topological polar surface area (TPSA) is 49.5 Å². The third kappa shape index (κ3) is 2.22. The van der Waals surface area contributed by atoms with Crippen molar-refractivity contribution in [3.63, 3.8) is 0 Å². The third-order valence-corrected chi connectivity index (χ3v) is 4.55. The Balaban J connectivity index is 1.79. The lowest BCUT2D eigenvalue weighted by Gasteiger charge is -2.37. The molecule has 18 heavy (non-hydrogen) atoms. The molecule has 2 aliphatic rings. The molecule has 3 rings (SSSR count). The molecule has 98 valence electrons. The summed E-state index contributed by atoms with van der Waals surface area (Å²) >= 11 is 6.03. The lowest BCUT2D eigenvalue weighted by molar-refractivity contribution is 0.0311. The van der Waals surface area contributed by atoms with E-state index in [9.17, 15) is 5.11 Å². The molecule has 0 saturated carbocycles. The minimum Gasteiger partial charge on any atom is -0.398 e. The number of aliphatic hydroxyl groups excluding tert-OH is 1. The van der Waals surface area contributed by atoms with Crippen LogP contribution in [0.25, 0.3) is 0 Å². The van der Waals surface area contributed by atoms with Crippen LogP contribution in [0.5, 0.6) is 0 Å². The van der Waals surface area contributed by atoms with Gasteiger partial charge in [0.25, 0.3) is 0 Å². The molecule has 0 radical (unpaired) electrons. The first kappa shape index (κ1) is 12.3. The summed E-state index contributed by atoms with van der Waals surface area (Å²) in [6, 6.07) is 6.68. The summed E-state index contributed by atoms with van der Waals surface area (Å²) in [5.74, 6) is 0. The van der Waals surface area contributed by atoms with Crippen LogP contribution in [-0.4, -0.2) is 28.2 Å². The van der Waals surface area contributed by atoms with E-state index in [0.29, 0.717) is 12.1 Å². The second kappa shape index (κ2) is 4.72. The number of benzene rings is 1. The monoisotopic (exact) mass is 266 g/mol. The molecule has 2 fully saturated rings. The van der Waals surface area contributed by atoms with Crippen LogP contribution < -0.4 is 5.73 Å². The number of nitrogens with zero attached hydrogens (tertiary/aromatic N) is 1. The van der Waals surface area contributed by atoms with Gasteiger partial charge >= 0.3 is 0 Å². The van der Waals surface area contributed by atoms with E-state index in [4.69, 9.17) is 17.3 Å². The zero-order valence-corrected chi connectivity index (χ0v) is 11.1. The van der Waals surface area contributed by atoms with E-state index in [1.165, 1.54) is 12.8 Å². The molecule has 2 saturated heterocycles. The minimum absolute atomic E-state index is 0.115. The van der Waals surface area contributed by atoms with Crippen LogP contribution in [-0.2, 0) is 6.54 Å². The number of hydrogen-bond acceptors (Lipinski definition) is 3. The zero-order valence-electron chi connectivity index (χ0n) is 10.3. The molecular formula is C14H19ClN2O. The Morgan fingerprint density at radius 2 is 1.94 bits per heavy atom. The molecule has 1 aromatic carbocycles. The van der Waals surface area contributed by atoms with Gasteiger partial charge in [0, 0.05) is 29.3 Å². The molecule has 0 spiro atoms. The summed E-state index contributed by atoms with van der Waals surface area (Å²) in [7, 11) is 0. The van der Waals surface area contributed by atoms with Gasteiger partial charge in [-0.25, -0.2) is 0 Å². The van der Waals surface area contributed by atoms with Crippen LogP contribution in [0.2, 0.25) is 5.02 Å². The fourth-order valence-corrected chi connectivity index (χ4v) is 3.61. The molecule has 3 N–H and O–H groups in total. The Labute approximate surface area is 113 Å². The summed E-state index contributed by atoms with van der Waals surface area (Å²) in [5.41, 5.74) is 7.93. The highest BCUT2D eigenvalue weighted by molar-refractivity contribution is 6.30. The van der Waals surface area contributed by atoms with E-state index >= 15 is 0 Å². The van der Waals surface area contributed by atoms with Crippen LogP contribution >= 0.6 is 11.6 Å². The van der Waals surface area contributed by atoms with Crippen molar-refractivity contribution < 1.29 is 5.11 Å². The lowest BCUT2D eigenvalue weighted by atomic mass is 9.99. The van der Waals surface area contributed by atoms with Gasteiger partial charge in [-0.3, -0.25) is 4.90 Å². The smallest absolute Gasteiger partial charge is 0.0570 e. The number of anilines is 1. The molecule has 3 nitrogen and oxygen atoms in total. The summed E-state index contributed by atoms with van der Waals surface area (Å²) in [4.78, 5) is 2.49. The van der Waals surface area contributed by atoms with Crippen molar-refractivity contribution in [2.24, 2.45) is 0 Å². The minimum atomic E-state index is -0.115. The number of aliphatic hydroxyl groups is 1. The second-order valence-electron chi connectivity index (χ2n) is 5.53. The van der Waals surface area contributed by atoms with Gasteiger partial charge in [0.1, 0.15) is 0 Å². The largest absolute Gasteiger partial charge is 0.398 e. The predicted molar refractivity (Wildman–Crippen MR) is 73.5 cm³/mol. The van der Waals surface area contributed by atoms with Gasteiger partial charge in [-0.15, -0.1) is 0 Å². The fraction of sp³-hybridized carbons (Fsp3) is 0.571. The van der Waals surface area contributed by atoms with E-state index in [1.807, 2.05) is 18.2 Å². The first-order chi connectivity index (χ1) is 8.63. The van der Waals surface area contributed by atoms with Crippen molar-refractivity contribution in [3.05, 3.63) is 28.8 Å². The van der Waals surface area contributed by atoms with Crippen molar-refractivity contribution in [3.8, 4) is 0 Å². The summed E-state index contributed by atoms with van der Waals surface area (Å²) in [6.45, 7) is 0.856. The first-order valence-corrected chi connectivity index (χ1v) is 6.99. The van der Waals surface area contributed by atoms with E-state index in [-0.39, 0.29) is 6.10 Å². The van der Waals surface area contributed by atoms with Crippen LogP contribution in [0.15, 0.2) is 18.2 Å². The van der Waals surface area contributed by atoms with Gasteiger partial charge in [-0.1, -0.05) is 11.6 Å². The second-order valence-corrected chi connectivity index (χ2v) is 5.96. The van der Waals surface area contributed by atoms with E-state index in [1.54, 1.807) is 0 Å². The number of nitrogens with two attached hydrogens (primary N) is 1. The highest BCUT2D eigenvalue weighted by Gasteiger charge is 2.39. The van der Waals surface area contributed by atoms with Crippen molar-refractivity contribution in [2.75, 3.05) is 5.73 Å². The molecule has 0 aliphatic carbocycles. The quantitative estimate of drug-likeness (QED) is 0.809. The van der Waals surface area contributed by atoms with Gasteiger partial charge in [0.15, 0.2) is 0 Å². The molecule has 2 unspecified atom stereocenters. The Bertz CT molecular complexity index is 437. The molecule has 1 aromatic rings. The number of fused-ring (bicyclic) bond motifs is 2. The molecule has 2 bridgehead atoms. The van der Waals surface area contributed by atoms with Gasteiger partial charge in [0.2, 0.25) is 0 Å².